The summed E-state index contributed by atoms with van der Waals surface area (Å²) in [5.41, 5.74) is 2.01. The molecule has 1 aromatic heterocycles. The third-order valence-electron chi connectivity index (χ3n) is 5.37. The van der Waals surface area contributed by atoms with E-state index in [4.69, 9.17) is 9.47 Å². The van der Waals surface area contributed by atoms with Crippen molar-refractivity contribution in [3.05, 3.63) is 53.0 Å². The van der Waals surface area contributed by atoms with E-state index in [1.54, 1.807) is 0 Å². The summed E-state index contributed by atoms with van der Waals surface area (Å²) >= 11 is 3.62. The number of fused-ring (bicyclic) bond motifs is 1. The molecule has 0 radical (unpaired) electrons. The number of rotatable bonds is 7. The molecule has 1 N–H and O–H groups in total. The zero-order chi connectivity index (χ0) is 20.1. The number of hydrogen-bond acceptors (Lipinski definition) is 4. The van der Waals surface area contributed by atoms with Gasteiger partial charge in [0.2, 0.25) is 5.88 Å². The minimum absolute atomic E-state index is 0.580. The van der Waals surface area contributed by atoms with E-state index in [1.165, 1.54) is 32.1 Å². The van der Waals surface area contributed by atoms with Gasteiger partial charge in [-0.3, -0.25) is 0 Å². The topological polar surface area (TPSA) is 43.4 Å². The molecule has 1 aliphatic carbocycles. The number of anilines is 1. The van der Waals surface area contributed by atoms with E-state index >= 15 is 0 Å². The number of nitrogens with zero attached hydrogens (tertiary/aromatic N) is 1. The number of ether oxygens (including phenoxy) is 2. The SMILES string of the molecule is CCNc1ccc2nc(Oc3ccc(OCC4CCCCC4)c(Br)c3)ccc2c1. The molecule has 1 heterocycles. The zero-order valence-corrected chi connectivity index (χ0v) is 18.4. The van der Waals surface area contributed by atoms with Gasteiger partial charge in [-0.15, -0.1) is 0 Å². The second-order valence-electron chi connectivity index (χ2n) is 7.60. The Kier molecular flexibility index (Phi) is 6.55. The van der Waals surface area contributed by atoms with Gasteiger partial charge in [0.05, 0.1) is 16.6 Å². The second kappa shape index (κ2) is 9.49. The van der Waals surface area contributed by atoms with Crippen molar-refractivity contribution < 1.29 is 9.47 Å². The monoisotopic (exact) mass is 454 g/mol. The van der Waals surface area contributed by atoms with Crippen molar-refractivity contribution in [1.82, 2.24) is 4.98 Å². The van der Waals surface area contributed by atoms with Crippen molar-refractivity contribution in [2.45, 2.75) is 39.0 Å². The Hall–Kier alpha value is -2.27. The van der Waals surface area contributed by atoms with Crippen LogP contribution in [0.4, 0.5) is 5.69 Å². The highest BCUT2D eigenvalue weighted by molar-refractivity contribution is 9.10. The van der Waals surface area contributed by atoms with Gasteiger partial charge in [-0.1, -0.05) is 19.3 Å². The van der Waals surface area contributed by atoms with Gasteiger partial charge in [0.1, 0.15) is 11.5 Å². The van der Waals surface area contributed by atoms with E-state index in [-0.39, 0.29) is 0 Å². The van der Waals surface area contributed by atoms with Crippen molar-refractivity contribution in [3.63, 3.8) is 0 Å². The van der Waals surface area contributed by atoms with Crippen LogP contribution in [-0.4, -0.2) is 18.1 Å². The molecule has 0 atom stereocenters. The predicted octanol–water partition coefficient (Wildman–Crippen LogP) is 7.18. The van der Waals surface area contributed by atoms with E-state index < -0.39 is 0 Å². The molecule has 152 valence electrons. The lowest BCUT2D eigenvalue weighted by molar-refractivity contribution is 0.208. The molecule has 3 aromatic rings. The van der Waals surface area contributed by atoms with E-state index in [1.807, 2.05) is 42.5 Å². The highest BCUT2D eigenvalue weighted by Crippen LogP contribution is 2.33. The van der Waals surface area contributed by atoms with Gasteiger partial charge in [0.15, 0.2) is 0 Å². The quantitative estimate of drug-likeness (QED) is 0.410. The third kappa shape index (κ3) is 5.21. The Balaban J connectivity index is 1.42. The molecule has 2 aromatic carbocycles. The molecule has 0 unspecified atom stereocenters. The molecule has 4 rings (SSSR count). The molecule has 0 saturated heterocycles. The third-order valence-corrected chi connectivity index (χ3v) is 5.99. The molecule has 0 spiro atoms. The molecule has 5 heteroatoms. The van der Waals surface area contributed by atoms with Crippen molar-refractivity contribution in [2.75, 3.05) is 18.5 Å². The molecule has 1 fully saturated rings. The fourth-order valence-corrected chi connectivity index (χ4v) is 4.29. The first-order chi connectivity index (χ1) is 14.2. The Morgan fingerprint density at radius 2 is 1.90 bits per heavy atom. The lowest BCUT2D eigenvalue weighted by atomic mass is 9.90. The van der Waals surface area contributed by atoms with Crippen molar-refractivity contribution >= 4 is 32.5 Å². The highest BCUT2D eigenvalue weighted by Gasteiger charge is 2.15. The van der Waals surface area contributed by atoms with Gasteiger partial charge in [0, 0.05) is 23.7 Å². The predicted molar refractivity (Wildman–Crippen MR) is 122 cm³/mol. The molecule has 0 bridgehead atoms. The summed E-state index contributed by atoms with van der Waals surface area (Å²) < 4.78 is 12.9. The lowest BCUT2D eigenvalue weighted by Crippen LogP contribution is -2.15. The van der Waals surface area contributed by atoms with Gasteiger partial charge in [-0.05, 0) is 84.1 Å². The first-order valence-electron chi connectivity index (χ1n) is 10.5. The standard InChI is InChI=1S/C24H27BrN2O2/c1-2-26-19-9-11-22-18(14-19)8-13-24(27-22)29-20-10-12-23(21(25)15-20)28-16-17-6-4-3-5-7-17/h8-15,17,26H,2-7,16H2,1H3. The minimum atomic E-state index is 0.580. The van der Waals surface area contributed by atoms with Crippen LogP contribution in [0.3, 0.4) is 0 Å². The molecular formula is C24H27BrN2O2. The summed E-state index contributed by atoms with van der Waals surface area (Å²) in [7, 11) is 0. The summed E-state index contributed by atoms with van der Waals surface area (Å²) in [6, 6.07) is 15.9. The molecule has 4 nitrogen and oxygen atoms in total. The van der Waals surface area contributed by atoms with Crippen LogP contribution in [0.25, 0.3) is 10.9 Å². The molecule has 1 saturated carbocycles. The molecular weight excluding hydrogens is 428 g/mol. The fourth-order valence-electron chi connectivity index (χ4n) is 3.82. The highest BCUT2D eigenvalue weighted by atomic mass is 79.9. The minimum Gasteiger partial charge on any atom is -0.492 e. The number of aromatic nitrogens is 1. The summed E-state index contributed by atoms with van der Waals surface area (Å²) in [6.45, 7) is 3.78. The van der Waals surface area contributed by atoms with Crippen LogP contribution in [0.1, 0.15) is 39.0 Å². The Bertz CT molecular complexity index is 970. The van der Waals surface area contributed by atoms with Gasteiger partial charge in [-0.25, -0.2) is 4.98 Å². The number of benzene rings is 2. The van der Waals surface area contributed by atoms with Crippen molar-refractivity contribution in [1.29, 1.82) is 0 Å². The zero-order valence-electron chi connectivity index (χ0n) is 16.8. The van der Waals surface area contributed by atoms with Gasteiger partial charge >= 0.3 is 0 Å². The Morgan fingerprint density at radius 1 is 1.03 bits per heavy atom. The van der Waals surface area contributed by atoms with Crippen LogP contribution in [-0.2, 0) is 0 Å². The number of halogens is 1. The lowest BCUT2D eigenvalue weighted by Gasteiger charge is -2.22. The normalized spacial score (nSPS) is 14.7. The largest absolute Gasteiger partial charge is 0.492 e. The van der Waals surface area contributed by atoms with Crippen LogP contribution < -0.4 is 14.8 Å². The van der Waals surface area contributed by atoms with Gasteiger partial charge in [0.25, 0.3) is 0 Å². The van der Waals surface area contributed by atoms with Gasteiger partial charge < -0.3 is 14.8 Å². The average molecular weight is 455 g/mol. The summed E-state index contributed by atoms with van der Waals surface area (Å²) in [5, 5.41) is 4.41. The maximum atomic E-state index is 6.05. The molecule has 1 aliphatic rings. The molecule has 29 heavy (non-hydrogen) atoms. The first-order valence-corrected chi connectivity index (χ1v) is 11.3. The second-order valence-corrected chi connectivity index (χ2v) is 8.45. The van der Waals surface area contributed by atoms with E-state index in [2.05, 4.69) is 39.2 Å². The van der Waals surface area contributed by atoms with Crippen LogP contribution >= 0.6 is 15.9 Å². The maximum absolute atomic E-state index is 6.05. The number of hydrogen-bond donors (Lipinski definition) is 1. The number of pyridine rings is 1. The Labute approximate surface area is 180 Å². The van der Waals surface area contributed by atoms with E-state index in [0.29, 0.717) is 11.8 Å². The van der Waals surface area contributed by atoms with Gasteiger partial charge in [-0.2, -0.15) is 0 Å². The molecule has 0 aliphatic heterocycles. The average Bonchev–Trinajstić information content (AvgIpc) is 2.74. The van der Waals surface area contributed by atoms with Crippen LogP contribution in [0.2, 0.25) is 0 Å². The van der Waals surface area contributed by atoms with E-state index in [0.717, 1.165) is 45.7 Å². The maximum Gasteiger partial charge on any atom is 0.219 e. The molecule has 0 amide bonds. The van der Waals surface area contributed by atoms with Crippen LogP contribution in [0.15, 0.2) is 53.0 Å². The summed E-state index contributed by atoms with van der Waals surface area (Å²) in [4.78, 5) is 4.62. The Morgan fingerprint density at radius 3 is 2.69 bits per heavy atom. The number of nitrogens with one attached hydrogen (secondary N) is 1. The first kappa shape index (κ1) is 20.0. The van der Waals surface area contributed by atoms with Crippen molar-refractivity contribution in [3.8, 4) is 17.4 Å². The summed E-state index contributed by atoms with van der Waals surface area (Å²) in [6.07, 6.45) is 6.59. The van der Waals surface area contributed by atoms with Crippen molar-refractivity contribution in [2.24, 2.45) is 5.92 Å². The van der Waals surface area contributed by atoms with Crippen LogP contribution in [0, 0.1) is 5.92 Å². The smallest absolute Gasteiger partial charge is 0.219 e. The fraction of sp³-hybridized carbons (Fsp3) is 0.375. The summed E-state index contributed by atoms with van der Waals surface area (Å²) in [5.74, 6) is 2.86. The van der Waals surface area contributed by atoms with E-state index in [9.17, 15) is 0 Å². The van der Waals surface area contributed by atoms with Crippen LogP contribution in [0.5, 0.6) is 17.4 Å².